The van der Waals surface area contributed by atoms with Crippen molar-refractivity contribution in [3.63, 3.8) is 0 Å². The summed E-state index contributed by atoms with van der Waals surface area (Å²) in [5, 5.41) is 16.5. The van der Waals surface area contributed by atoms with E-state index in [0.717, 1.165) is 16.4 Å². The van der Waals surface area contributed by atoms with E-state index in [4.69, 9.17) is 17.0 Å². The number of ether oxygens (including phenoxy) is 1. The molecule has 0 radical (unpaired) electrons. The van der Waals surface area contributed by atoms with E-state index in [1.165, 1.54) is 22.5 Å². The maximum absolute atomic E-state index is 5.87. The first kappa shape index (κ1) is 18.3. The molecule has 0 saturated heterocycles. The van der Waals surface area contributed by atoms with Gasteiger partial charge >= 0.3 is 0 Å². The lowest BCUT2D eigenvalue weighted by atomic mass is 10.1. The average molecular weight is 385 g/mol. The van der Waals surface area contributed by atoms with Crippen molar-refractivity contribution in [3.8, 4) is 5.75 Å². The monoisotopic (exact) mass is 384 g/mol. The fraction of sp³-hybridized carbons (Fsp3) is 0.211. The molecule has 26 heavy (non-hydrogen) atoms. The van der Waals surface area contributed by atoms with Gasteiger partial charge in [0.15, 0.2) is 5.11 Å². The van der Waals surface area contributed by atoms with Gasteiger partial charge in [0.1, 0.15) is 10.8 Å². The van der Waals surface area contributed by atoms with E-state index in [2.05, 4.69) is 40.7 Å². The third kappa shape index (κ3) is 5.00. The van der Waals surface area contributed by atoms with Crippen molar-refractivity contribution in [2.45, 2.75) is 20.3 Å². The van der Waals surface area contributed by atoms with Crippen molar-refractivity contribution in [3.05, 3.63) is 64.7 Å². The minimum Gasteiger partial charge on any atom is -0.493 e. The number of rotatable bonds is 6. The van der Waals surface area contributed by atoms with Gasteiger partial charge in [-0.15, -0.1) is 10.2 Å². The number of hydrogen-bond acceptors (Lipinski definition) is 5. The maximum Gasteiger partial charge on any atom is 0.211 e. The summed E-state index contributed by atoms with van der Waals surface area (Å²) in [7, 11) is 0. The number of benzene rings is 2. The molecule has 3 aromatic rings. The van der Waals surface area contributed by atoms with E-state index in [-0.39, 0.29) is 0 Å². The van der Waals surface area contributed by atoms with Crippen LogP contribution in [0, 0.1) is 13.8 Å². The van der Waals surface area contributed by atoms with Crippen LogP contribution in [0.4, 0.5) is 10.8 Å². The molecule has 0 bridgehead atoms. The molecule has 0 aliphatic rings. The molecule has 0 fully saturated rings. The molecular weight excluding hydrogens is 364 g/mol. The van der Waals surface area contributed by atoms with Gasteiger partial charge in [-0.3, -0.25) is 0 Å². The van der Waals surface area contributed by atoms with Crippen LogP contribution in [0.25, 0.3) is 0 Å². The number of anilines is 2. The van der Waals surface area contributed by atoms with Crippen molar-refractivity contribution in [1.29, 1.82) is 0 Å². The molecule has 0 saturated carbocycles. The molecule has 0 spiro atoms. The molecule has 0 amide bonds. The summed E-state index contributed by atoms with van der Waals surface area (Å²) in [4.78, 5) is 0. The standard InChI is InChI=1S/C19H20N4OS2/c1-13-7-6-10-16(14(13)2)24-12-11-17-22-23-19(26-17)21-18(25)20-15-8-4-3-5-9-15/h3-10H,11-12H2,1-2H3,(H2,20,21,23,25). The van der Waals surface area contributed by atoms with Crippen LogP contribution in [0.15, 0.2) is 48.5 Å². The topological polar surface area (TPSA) is 59.1 Å². The van der Waals surface area contributed by atoms with Gasteiger partial charge in [0, 0.05) is 12.1 Å². The number of aromatic nitrogens is 2. The van der Waals surface area contributed by atoms with Crippen molar-refractivity contribution in [2.75, 3.05) is 17.2 Å². The highest BCUT2D eigenvalue weighted by molar-refractivity contribution is 7.80. The normalized spacial score (nSPS) is 10.4. The second-order valence-corrected chi connectivity index (χ2v) is 7.21. The number of thiocarbonyl (C=S) groups is 1. The molecule has 134 valence electrons. The third-order valence-corrected chi connectivity index (χ3v) is 4.95. The predicted molar refractivity (Wildman–Crippen MR) is 111 cm³/mol. The molecule has 2 aromatic carbocycles. The van der Waals surface area contributed by atoms with Crippen LogP contribution in [0.3, 0.4) is 0 Å². The SMILES string of the molecule is Cc1cccc(OCCc2nnc(NC(=S)Nc3ccccc3)s2)c1C. The first-order valence-electron chi connectivity index (χ1n) is 8.26. The zero-order chi connectivity index (χ0) is 18.4. The van der Waals surface area contributed by atoms with Crippen LogP contribution < -0.4 is 15.4 Å². The average Bonchev–Trinajstić information content (AvgIpc) is 3.06. The summed E-state index contributed by atoms with van der Waals surface area (Å²) in [6.45, 7) is 4.71. The lowest BCUT2D eigenvalue weighted by molar-refractivity contribution is 0.319. The summed E-state index contributed by atoms with van der Waals surface area (Å²) >= 11 is 6.77. The van der Waals surface area contributed by atoms with Gasteiger partial charge in [0.2, 0.25) is 5.13 Å². The highest BCUT2D eigenvalue weighted by Gasteiger charge is 2.07. The Bertz CT molecular complexity index is 880. The van der Waals surface area contributed by atoms with Gasteiger partial charge < -0.3 is 15.4 Å². The molecule has 0 atom stereocenters. The number of nitrogens with zero attached hydrogens (tertiary/aromatic N) is 2. The van der Waals surface area contributed by atoms with Gasteiger partial charge in [-0.1, -0.05) is 41.7 Å². The second-order valence-electron chi connectivity index (χ2n) is 5.74. The Morgan fingerprint density at radius 1 is 1.04 bits per heavy atom. The Labute approximate surface area is 162 Å². The van der Waals surface area contributed by atoms with Gasteiger partial charge in [0.25, 0.3) is 0 Å². The summed E-state index contributed by atoms with van der Waals surface area (Å²) in [5.74, 6) is 0.918. The van der Waals surface area contributed by atoms with Crippen molar-refractivity contribution in [2.24, 2.45) is 0 Å². The zero-order valence-corrected chi connectivity index (χ0v) is 16.3. The quantitative estimate of drug-likeness (QED) is 0.607. The van der Waals surface area contributed by atoms with E-state index in [9.17, 15) is 0 Å². The smallest absolute Gasteiger partial charge is 0.211 e. The van der Waals surface area contributed by atoms with Crippen LogP contribution >= 0.6 is 23.6 Å². The highest BCUT2D eigenvalue weighted by atomic mass is 32.1. The number of aryl methyl sites for hydroxylation is 1. The van der Waals surface area contributed by atoms with Crippen LogP contribution in [0.5, 0.6) is 5.75 Å². The van der Waals surface area contributed by atoms with E-state index in [1.54, 1.807) is 0 Å². The largest absolute Gasteiger partial charge is 0.493 e. The first-order chi connectivity index (χ1) is 12.6. The van der Waals surface area contributed by atoms with Gasteiger partial charge in [-0.25, -0.2) is 0 Å². The first-order valence-corrected chi connectivity index (χ1v) is 9.49. The molecule has 1 heterocycles. The fourth-order valence-electron chi connectivity index (χ4n) is 2.31. The van der Waals surface area contributed by atoms with E-state index in [1.807, 2.05) is 42.5 Å². The lowest BCUT2D eigenvalue weighted by Crippen LogP contribution is -2.18. The van der Waals surface area contributed by atoms with Crippen LogP contribution in [0.2, 0.25) is 0 Å². The van der Waals surface area contributed by atoms with Crippen LogP contribution in [-0.2, 0) is 6.42 Å². The lowest BCUT2D eigenvalue weighted by Gasteiger charge is -2.09. The van der Waals surface area contributed by atoms with Crippen LogP contribution in [-0.4, -0.2) is 21.9 Å². The van der Waals surface area contributed by atoms with Crippen molar-refractivity contribution >= 4 is 39.5 Å². The van der Waals surface area contributed by atoms with E-state index < -0.39 is 0 Å². The van der Waals surface area contributed by atoms with E-state index >= 15 is 0 Å². The molecule has 1 aromatic heterocycles. The molecular formula is C19H20N4OS2. The summed E-state index contributed by atoms with van der Waals surface area (Å²) in [5.41, 5.74) is 3.32. The van der Waals surface area contributed by atoms with Gasteiger partial charge in [-0.05, 0) is 55.4 Å². The molecule has 7 heteroatoms. The van der Waals surface area contributed by atoms with Gasteiger partial charge in [0.05, 0.1) is 6.61 Å². The summed E-state index contributed by atoms with van der Waals surface area (Å²) in [6, 6.07) is 15.8. The minimum atomic E-state index is 0.491. The molecule has 3 rings (SSSR count). The summed E-state index contributed by atoms with van der Waals surface area (Å²) < 4.78 is 5.87. The number of hydrogen-bond donors (Lipinski definition) is 2. The molecule has 0 unspecified atom stereocenters. The molecule has 5 nitrogen and oxygen atoms in total. The Balaban J connectivity index is 1.48. The zero-order valence-electron chi connectivity index (χ0n) is 14.7. The minimum absolute atomic E-state index is 0.491. The Morgan fingerprint density at radius 2 is 1.85 bits per heavy atom. The van der Waals surface area contributed by atoms with Crippen molar-refractivity contribution in [1.82, 2.24) is 10.2 Å². The Kier molecular flexibility index (Phi) is 6.14. The third-order valence-electron chi connectivity index (χ3n) is 3.85. The molecule has 0 aliphatic heterocycles. The Morgan fingerprint density at radius 3 is 2.65 bits per heavy atom. The molecule has 2 N–H and O–H groups in total. The van der Waals surface area contributed by atoms with Crippen molar-refractivity contribution < 1.29 is 4.74 Å². The number of para-hydroxylation sites is 1. The predicted octanol–water partition coefficient (Wildman–Crippen LogP) is 4.59. The van der Waals surface area contributed by atoms with E-state index in [0.29, 0.717) is 23.3 Å². The second kappa shape index (κ2) is 8.73. The molecule has 0 aliphatic carbocycles. The van der Waals surface area contributed by atoms with Crippen LogP contribution in [0.1, 0.15) is 16.1 Å². The highest BCUT2D eigenvalue weighted by Crippen LogP contribution is 2.21. The van der Waals surface area contributed by atoms with Gasteiger partial charge in [-0.2, -0.15) is 0 Å². The fourth-order valence-corrected chi connectivity index (χ4v) is 3.32. The maximum atomic E-state index is 5.87. The number of nitrogens with one attached hydrogen (secondary N) is 2. The summed E-state index contributed by atoms with van der Waals surface area (Å²) in [6.07, 6.45) is 0.700. The Hall–Kier alpha value is -2.51.